The molecule has 0 atom stereocenters. The van der Waals surface area contributed by atoms with Gasteiger partial charge in [0.1, 0.15) is 0 Å². The summed E-state index contributed by atoms with van der Waals surface area (Å²) >= 11 is 6.08. The van der Waals surface area contributed by atoms with Gasteiger partial charge in [0.05, 0.1) is 25.1 Å². The SMILES string of the molecule is COc1cc2[nH]c(=O)n(CCC(=O)N3CCN(c4cccc(Cl)c4)CC3)c(=O)c2cc1OC. The van der Waals surface area contributed by atoms with E-state index in [9.17, 15) is 14.4 Å². The molecule has 0 radical (unpaired) electrons. The molecule has 9 nitrogen and oxygen atoms in total. The van der Waals surface area contributed by atoms with Crippen LogP contribution in [-0.4, -0.2) is 60.8 Å². The lowest BCUT2D eigenvalue weighted by Gasteiger charge is -2.36. The molecule has 0 bridgehead atoms. The van der Waals surface area contributed by atoms with Gasteiger partial charge in [0.15, 0.2) is 11.5 Å². The summed E-state index contributed by atoms with van der Waals surface area (Å²) in [4.78, 5) is 44.8. The normalized spacial score (nSPS) is 13.9. The number of ether oxygens (including phenoxy) is 2. The maximum Gasteiger partial charge on any atom is 0.328 e. The first kappa shape index (κ1) is 22.7. The van der Waals surface area contributed by atoms with Gasteiger partial charge in [0.25, 0.3) is 5.56 Å². The van der Waals surface area contributed by atoms with Crippen molar-refractivity contribution in [2.24, 2.45) is 0 Å². The van der Waals surface area contributed by atoms with E-state index in [4.69, 9.17) is 21.1 Å². The molecule has 1 aliphatic heterocycles. The average molecular weight is 473 g/mol. The number of rotatable bonds is 6. The molecular formula is C23H25ClN4O5. The largest absolute Gasteiger partial charge is 0.493 e. The van der Waals surface area contributed by atoms with Crippen molar-refractivity contribution in [3.05, 3.63) is 62.3 Å². The number of nitrogens with one attached hydrogen (secondary N) is 1. The highest BCUT2D eigenvalue weighted by Gasteiger charge is 2.22. The van der Waals surface area contributed by atoms with Crippen LogP contribution >= 0.6 is 11.6 Å². The van der Waals surface area contributed by atoms with Gasteiger partial charge in [-0.3, -0.25) is 14.2 Å². The number of aromatic nitrogens is 2. The lowest BCUT2D eigenvalue weighted by molar-refractivity contribution is -0.131. The van der Waals surface area contributed by atoms with Crippen molar-refractivity contribution in [1.29, 1.82) is 0 Å². The summed E-state index contributed by atoms with van der Waals surface area (Å²) in [7, 11) is 2.95. The van der Waals surface area contributed by atoms with E-state index in [0.29, 0.717) is 48.2 Å². The second-order valence-electron chi connectivity index (χ2n) is 7.74. The number of aromatic amines is 1. The maximum absolute atomic E-state index is 12.9. The number of anilines is 1. The molecular weight excluding hydrogens is 448 g/mol. The highest BCUT2D eigenvalue weighted by atomic mass is 35.5. The Kier molecular flexibility index (Phi) is 6.60. The van der Waals surface area contributed by atoms with E-state index < -0.39 is 11.2 Å². The number of halogens is 1. The van der Waals surface area contributed by atoms with Gasteiger partial charge >= 0.3 is 5.69 Å². The molecule has 4 rings (SSSR count). The molecule has 1 fully saturated rings. The van der Waals surface area contributed by atoms with Crippen LogP contribution in [0.5, 0.6) is 11.5 Å². The lowest BCUT2D eigenvalue weighted by Crippen LogP contribution is -2.49. The molecule has 3 aromatic rings. The Labute approximate surface area is 195 Å². The molecule has 1 saturated heterocycles. The number of benzene rings is 2. The topological polar surface area (TPSA) is 96.9 Å². The zero-order valence-electron chi connectivity index (χ0n) is 18.5. The fourth-order valence-corrected chi connectivity index (χ4v) is 4.22. The molecule has 10 heteroatoms. The monoisotopic (exact) mass is 472 g/mol. The van der Waals surface area contributed by atoms with E-state index in [0.717, 1.165) is 10.3 Å². The predicted octanol–water partition coefficient (Wildman–Crippen LogP) is 2.10. The Morgan fingerprint density at radius 3 is 2.39 bits per heavy atom. The van der Waals surface area contributed by atoms with Crippen LogP contribution in [0.15, 0.2) is 46.0 Å². The van der Waals surface area contributed by atoms with Gasteiger partial charge in [-0.15, -0.1) is 0 Å². The van der Waals surface area contributed by atoms with Crippen LogP contribution in [0.4, 0.5) is 5.69 Å². The first-order chi connectivity index (χ1) is 15.9. The smallest absolute Gasteiger partial charge is 0.328 e. The zero-order chi connectivity index (χ0) is 23.5. The maximum atomic E-state index is 12.9. The van der Waals surface area contributed by atoms with Gasteiger partial charge in [0.2, 0.25) is 5.91 Å². The Morgan fingerprint density at radius 1 is 1.03 bits per heavy atom. The molecule has 1 aromatic heterocycles. The number of carbonyl (C=O) groups is 1. The second kappa shape index (κ2) is 9.58. The minimum atomic E-state index is -0.571. The number of fused-ring (bicyclic) bond motifs is 1. The molecule has 33 heavy (non-hydrogen) atoms. The summed E-state index contributed by atoms with van der Waals surface area (Å²) in [5.41, 5.74) is 0.324. The third kappa shape index (κ3) is 4.68. The third-order valence-corrected chi connectivity index (χ3v) is 6.08. The van der Waals surface area contributed by atoms with Crippen LogP contribution in [0.25, 0.3) is 10.9 Å². The Hall–Kier alpha value is -3.46. The fourth-order valence-electron chi connectivity index (χ4n) is 4.04. The van der Waals surface area contributed by atoms with Crippen molar-refractivity contribution in [2.75, 3.05) is 45.3 Å². The number of piperazine rings is 1. The molecule has 1 amide bonds. The second-order valence-corrected chi connectivity index (χ2v) is 8.17. The van der Waals surface area contributed by atoms with E-state index in [2.05, 4.69) is 9.88 Å². The molecule has 2 heterocycles. The first-order valence-electron chi connectivity index (χ1n) is 10.6. The molecule has 0 saturated carbocycles. The van der Waals surface area contributed by atoms with Crippen molar-refractivity contribution in [3.63, 3.8) is 0 Å². The third-order valence-electron chi connectivity index (χ3n) is 5.84. The summed E-state index contributed by atoms with van der Waals surface area (Å²) in [6.07, 6.45) is 0.0545. The molecule has 0 aliphatic carbocycles. The Balaban J connectivity index is 1.44. The molecule has 0 spiro atoms. The van der Waals surface area contributed by atoms with Crippen LogP contribution in [0.1, 0.15) is 6.42 Å². The first-order valence-corrected chi connectivity index (χ1v) is 11.0. The fraction of sp³-hybridized carbons (Fsp3) is 0.348. The number of hydrogen-bond donors (Lipinski definition) is 1. The number of nitrogens with zero attached hydrogens (tertiary/aromatic N) is 3. The molecule has 1 N–H and O–H groups in total. The summed E-state index contributed by atoms with van der Waals surface area (Å²) in [5, 5.41) is 0.961. The van der Waals surface area contributed by atoms with Crippen molar-refractivity contribution in [3.8, 4) is 11.5 Å². The Morgan fingerprint density at radius 2 is 1.73 bits per heavy atom. The summed E-state index contributed by atoms with van der Waals surface area (Å²) in [5.74, 6) is 0.693. The van der Waals surface area contributed by atoms with Gasteiger partial charge in [-0.25, -0.2) is 4.79 Å². The van der Waals surface area contributed by atoms with Gasteiger partial charge in [-0.05, 0) is 24.3 Å². The van der Waals surface area contributed by atoms with E-state index in [1.165, 1.54) is 20.3 Å². The van der Waals surface area contributed by atoms with Crippen LogP contribution in [0.3, 0.4) is 0 Å². The Bertz CT molecular complexity index is 1290. The van der Waals surface area contributed by atoms with Gasteiger partial charge in [0, 0.05) is 55.9 Å². The van der Waals surface area contributed by atoms with Crippen molar-refractivity contribution >= 4 is 34.1 Å². The number of H-pyrrole nitrogens is 1. The van der Waals surface area contributed by atoms with Crippen molar-refractivity contribution in [2.45, 2.75) is 13.0 Å². The van der Waals surface area contributed by atoms with Gasteiger partial charge in [-0.2, -0.15) is 0 Å². The summed E-state index contributed by atoms with van der Waals surface area (Å²) in [6.45, 7) is 2.48. The van der Waals surface area contributed by atoms with Gasteiger partial charge in [-0.1, -0.05) is 17.7 Å². The van der Waals surface area contributed by atoms with Crippen LogP contribution in [0.2, 0.25) is 5.02 Å². The molecule has 1 aliphatic rings. The predicted molar refractivity (Wildman–Crippen MR) is 127 cm³/mol. The van der Waals surface area contributed by atoms with E-state index >= 15 is 0 Å². The highest BCUT2D eigenvalue weighted by molar-refractivity contribution is 6.30. The molecule has 0 unspecified atom stereocenters. The summed E-state index contributed by atoms with van der Waals surface area (Å²) < 4.78 is 11.5. The minimum absolute atomic E-state index is 0.00814. The van der Waals surface area contributed by atoms with Crippen molar-refractivity contribution < 1.29 is 14.3 Å². The number of methoxy groups -OCH3 is 2. The quantitative estimate of drug-likeness (QED) is 0.590. The standard InChI is InChI=1S/C23H25ClN4O5/c1-32-19-13-17-18(14-20(19)33-2)25-23(31)28(22(17)30)7-6-21(29)27-10-8-26(9-11-27)16-5-3-4-15(24)12-16/h3-5,12-14H,6-11H2,1-2H3,(H,25,31). The lowest BCUT2D eigenvalue weighted by atomic mass is 10.2. The summed E-state index contributed by atoms with van der Waals surface area (Å²) in [6, 6.07) is 10.7. The number of hydrogen-bond acceptors (Lipinski definition) is 6. The minimum Gasteiger partial charge on any atom is -0.493 e. The molecule has 174 valence electrons. The number of carbonyl (C=O) groups excluding carboxylic acids is 1. The van der Waals surface area contributed by atoms with E-state index in [-0.39, 0.29) is 24.3 Å². The van der Waals surface area contributed by atoms with Crippen LogP contribution < -0.4 is 25.6 Å². The van der Waals surface area contributed by atoms with E-state index in [1.54, 1.807) is 11.0 Å². The number of amides is 1. The van der Waals surface area contributed by atoms with E-state index in [1.807, 2.05) is 24.3 Å². The van der Waals surface area contributed by atoms with Gasteiger partial charge < -0.3 is 24.3 Å². The zero-order valence-corrected chi connectivity index (χ0v) is 19.2. The highest BCUT2D eigenvalue weighted by Crippen LogP contribution is 2.29. The average Bonchev–Trinajstić information content (AvgIpc) is 2.83. The van der Waals surface area contributed by atoms with Crippen molar-refractivity contribution in [1.82, 2.24) is 14.5 Å². The van der Waals surface area contributed by atoms with Crippen LogP contribution in [-0.2, 0) is 11.3 Å². The molecule has 2 aromatic carbocycles. The van der Waals surface area contributed by atoms with Crippen LogP contribution in [0, 0.1) is 0 Å².